The summed E-state index contributed by atoms with van der Waals surface area (Å²) in [5, 5.41) is 3.59. The summed E-state index contributed by atoms with van der Waals surface area (Å²) in [5.74, 6) is 0.702. The Morgan fingerprint density at radius 3 is 2.84 bits per heavy atom. The fourth-order valence-corrected chi connectivity index (χ4v) is 3.84. The van der Waals surface area contributed by atoms with Crippen LogP contribution in [0, 0.1) is 5.92 Å². The third-order valence-corrected chi connectivity index (χ3v) is 5.26. The molecule has 3 aromatic rings. The van der Waals surface area contributed by atoms with Crippen LogP contribution in [0.15, 0.2) is 36.5 Å². The van der Waals surface area contributed by atoms with Gasteiger partial charge in [0, 0.05) is 25.4 Å². The second kappa shape index (κ2) is 6.42. The molecule has 1 aliphatic heterocycles. The lowest BCUT2D eigenvalue weighted by molar-refractivity contribution is -0.124. The molecule has 0 saturated carbocycles. The Balaban J connectivity index is 1.57. The predicted octanol–water partition coefficient (Wildman–Crippen LogP) is 2.87. The normalized spacial score (nSPS) is 15.1. The average molecular weight is 354 g/mol. The minimum absolute atomic E-state index is 0.0521. The summed E-state index contributed by atoms with van der Waals surface area (Å²) in [4.78, 5) is 23.0. The van der Waals surface area contributed by atoms with Crippen molar-refractivity contribution in [3.63, 3.8) is 0 Å². The van der Waals surface area contributed by atoms with Gasteiger partial charge in [-0.2, -0.15) is 0 Å². The van der Waals surface area contributed by atoms with Gasteiger partial charge in [0.25, 0.3) is 0 Å². The fraction of sp³-hybridized carbons (Fsp3) is 0.278. The number of nitrogens with zero attached hydrogens (tertiary/aromatic N) is 3. The largest absolute Gasteiger partial charge is 0.481 e. The summed E-state index contributed by atoms with van der Waals surface area (Å²) in [6.07, 6.45) is 1.73. The lowest BCUT2D eigenvalue weighted by Gasteiger charge is -2.34. The molecule has 3 heterocycles. The molecule has 1 fully saturated rings. The van der Waals surface area contributed by atoms with Crippen molar-refractivity contribution in [1.82, 2.24) is 14.9 Å². The van der Waals surface area contributed by atoms with Gasteiger partial charge in [-0.05, 0) is 36.4 Å². The zero-order valence-corrected chi connectivity index (χ0v) is 14.8. The van der Waals surface area contributed by atoms with Gasteiger partial charge < -0.3 is 15.0 Å². The van der Waals surface area contributed by atoms with E-state index < -0.39 is 0 Å². The number of rotatable bonds is 4. The number of methoxy groups -OCH3 is 1. The van der Waals surface area contributed by atoms with E-state index in [0.29, 0.717) is 11.0 Å². The van der Waals surface area contributed by atoms with Gasteiger partial charge in [-0.25, -0.2) is 9.97 Å². The summed E-state index contributed by atoms with van der Waals surface area (Å²) >= 11 is 1.49. The molecule has 1 aliphatic rings. The number of carbonyl (C=O) groups is 1. The first-order valence-electron chi connectivity index (χ1n) is 8.03. The van der Waals surface area contributed by atoms with E-state index >= 15 is 0 Å². The summed E-state index contributed by atoms with van der Waals surface area (Å²) in [6, 6.07) is 9.91. The molecule has 1 amide bonds. The molecule has 4 rings (SSSR count). The van der Waals surface area contributed by atoms with Crippen LogP contribution >= 0.6 is 11.3 Å². The average Bonchev–Trinajstić information content (AvgIpc) is 3.00. The van der Waals surface area contributed by atoms with E-state index in [1.807, 2.05) is 31.3 Å². The van der Waals surface area contributed by atoms with Crippen LogP contribution in [0.2, 0.25) is 0 Å². The predicted molar refractivity (Wildman–Crippen MR) is 99.0 cm³/mol. The van der Waals surface area contributed by atoms with Crippen LogP contribution in [0.25, 0.3) is 21.3 Å². The monoisotopic (exact) mass is 354 g/mol. The molecular weight excluding hydrogens is 336 g/mol. The van der Waals surface area contributed by atoms with E-state index in [0.717, 1.165) is 34.4 Å². The van der Waals surface area contributed by atoms with Crippen LogP contribution in [-0.4, -0.2) is 48.0 Å². The molecule has 0 atom stereocenters. The Kier molecular flexibility index (Phi) is 4.10. The molecule has 0 spiro atoms. The van der Waals surface area contributed by atoms with Gasteiger partial charge in [-0.1, -0.05) is 17.4 Å². The Labute approximate surface area is 149 Å². The zero-order valence-electron chi connectivity index (χ0n) is 14.0. The van der Waals surface area contributed by atoms with Gasteiger partial charge in [0.2, 0.25) is 11.8 Å². The molecular formula is C18H18N4O2S. The molecule has 25 heavy (non-hydrogen) atoms. The van der Waals surface area contributed by atoms with Crippen molar-refractivity contribution in [2.75, 3.05) is 32.6 Å². The zero-order chi connectivity index (χ0) is 17.4. The number of anilines is 1. The van der Waals surface area contributed by atoms with Crippen molar-refractivity contribution in [1.29, 1.82) is 0 Å². The van der Waals surface area contributed by atoms with Crippen molar-refractivity contribution >= 4 is 32.6 Å². The number of carbonyl (C=O) groups excluding carboxylic acids is 1. The standard InChI is InChI=1S/C18H18N4O2S/c1-22-9-13(10-22)17(23)21-18-20-14-4-3-11(7-15(14)25-18)12-5-6-19-16(8-12)24-2/h3-8,13H,9-10H2,1-2H3,(H,20,21,23). The Morgan fingerprint density at radius 2 is 2.08 bits per heavy atom. The van der Waals surface area contributed by atoms with E-state index in [2.05, 4.69) is 26.3 Å². The number of thiazole rings is 1. The van der Waals surface area contributed by atoms with Gasteiger partial charge >= 0.3 is 0 Å². The molecule has 0 bridgehead atoms. The molecule has 2 aromatic heterocycles. The molecule has 7 heteroatoms. The van der Waals surface area contributed by atoms with Crippen LogP contribution in [0.1, 0.15) is 0 Å². The summed E-state index contributed by atoms with van der Waals surface area (Å²) in [6.45, 7) is 1.62. The molecule has 0 radical (unpaired) electrons. The van der Waals surface area contributed by atoms with Crippen LogP contribution in [0.5, 0.6) is 5.88 Å². The lowest BCUT2D eigenvalue weighted by atomic mass is 10.0. The van der Waals surface area contributed by atoms with Crippen molar-refractivity contribution in [3.8, 4) is 17.0 Å². The topological polar surface area (TPSA) is 67.3 Å². The number of aromatic nitrogens is 2. The van der Waals surface area contributed by atoms with Crippen molar-refractivity contribution < 1.29 is 9.53 Å². The first-order chi connectivity index (χ1) is 12.1. The first kappa shape index (κ1) is 16.0. The summed E-state index contributed by atoms with van der Waals surface area (Å²) < 4.78 is 6.22. The molecule has 1 N–H and O–H groups in total. The number of likely N-dealkylation sites (tertiary alicyclic amines) is 1. The third-order valence-electron chi connectivity index (χ3n) is 4.33. The van der Waals surface area contributed by atoms with Crippen molar-refractivity contribution in [3.05, 3.63) is 36.5 Å². The number of pyridine rings is 1. The highest BCUT2D eigenvalue weighted by Gasteiger charge is 2.30. The van der Waals surface area contributed by atoms with Gasteiger partial charge in [0.05, 0.1) is 23.2 Å². The molecule has 128 valence electrons. The second-order valence-corrected chi connectivity index (χ2v) is 7.23. The van der Waals surface area contributed by atoms with Crippen molar-refractivity contribution in [2.24, 2.45) is 5.92 Å². The number of ether oxygens (including phenoxy) is 1. The van der Waals surface area contributed by atoms with E-state index in [-0.39, 0.29) is 11.8 Å². The molecule has 0 unspecified atom stereocenters. The molecule has 1 saturated heterocycles. The number of hydrogen-bond acceptors (Lipinski definition) is 6. The minimum Gasteiger partial charge on any atom is -0.481 e. The Bertz CT molecular complexity index is 934. The highest BCUT2D eigenvalue weighted by molar-refractivity contribution is 7.22. The number of amides is 1. The smallest absolute Gasteiger partial charge is 0.231 e. The van der Waals surface area contributed by atoms with Gasteiger partial charge in [-0.3, -0.25) is 4.79 Å². The minimum atomic E-state index is 0.0521. The molecule has 0 aliphatic carbocycles. The van der Waals surface area contributed by atoms with Gasteiger partial charge in [0.15, 0.2) is 5.13 Å². The highest BCUT2D eigenvalue weighted by atomic mass is 32.1. The quantitative estimate of drug-likeness (QED) is 0.780. The van der Waals surface area contributed by atoms with Crippen LogP contribution < -0.4 is 10.1 Å². The SMILES string of the molecule is COc1cc(-c2ccc3nc(NC(=O)C4CN(C)C4)sc3c2)ccn1. The third kappa shape index (κ3) is 3.20. The van der Waals surface area contributed by atoms with Crippen LogP contribution in [-0.2, 0) is 4.79 Å². The van der Waals surface area contributed by atoms with E-state index in [1.165, 1.54) is 11.3 Å². The maximum Gasteiger partial charge on any atom is 0.231 e. The maximum atomic E-state index is 12.2. The maximum absolute atomic E-state index is 12.2. The Morgan fingerprint density at radius 1 is 1.28 bits per heavy atom. The summed E-state index contributed by atoms with van der Waals surface area (Å²) in [7, 11) is 3.62. The molecule has 6 nitrogen and oxygen atoms in total. The van der Waals surface area contributed by atoms with E-state index in [4.69, 9.17) is 4.74 Å². The molecule has 1 aromatic carbocycles. The highest BCUT2D eigenvalue weighted by Crippen LogP contribution is 2.31. The number of benzene rings is 1. The number of nitrogens with one attached hydrogen (secondary N) is 1. The number of hydrogen-bond donors (Lipinski definition) is 1. The van der Waals surface area contributed by atoms with Crippen LogP contribution in [0.3, 0.4) is 0 Å². The second-order valence-electron chi connectivity index (χ2n) is 6.20. The van der Waals surface area contributed by atoms with Gasteiger partial charge in [-0.15, -0.1) is 0 Å². The lowest BCUT2D eigenvalue weighted by Crippen LogP contribution is -2.49. The number of fused-ring (bicyclic) bond motifs is 1. The van der Waals surface area contributed by atoms with Gasteiger partial charge in [0.1, 0.15) is 0 Å². The fourth-order valence-electron chi connectivity index (χ4n) is 2.93. The van der Waals surface area contributed by atoms with E-state index in [1.54, 1.807) is 13.3 Å². The summed E-state index contributed by atoms with van der Waals surface area (Å²) in [5.41, 5.74) is 2.98. The van der Waals surface area contributed by atoms with E-state index in [9.17, 15) is 4.79 Å². The van der Waals surface area contributed by atoms with Crippen LogP contribution in [0.4, 0.5) is 5.13 Å². The van der Waals surface area contributed by atoms with Crippen molar-refractivity contribution in [2.45, 2.75) is 0 Å². The Hall–Kier alpha value is -2.51. The first-order valence-corrected chi connectivity index (χ1v) is 8.84.